The summed E-state index contributed by atoms with van der Waals surface area (Å²) < 4.78 is 33.3. The minimum Gasteiger partial charge on any atom is -0.379 e. The number of benzene rings is 1. The van der Waals surface area contributed by atoms with Crippen molar-refractivity contribution in [1.82, 2.24) is 14.5 Å². The number of amides is 1. The Balaban J connectivity index is 1.75. The second kappa shape index (κ2) is 10.2. The molecule has 8 heteroatoms. The molecule has 180 valence electrons. The highest BCUT2D eigenvalue weighted by Crippen LogP contribution is 2.27. The van der Waals surface area contributed by atoms with E-state index in [1.807, 2.05) is 6.92 Å². The van der Waals surface area contributed by atoms with Crippen LogP contribution in [0.2, 0.25) is 0 Å². The van der Waals surface area contributed by atoms with E-state index in [0.717, 1.165) is 18.7 Å². The van der Waals surface area contributed by atoms with Crippen LogP contribution < -0.4 is 5.32 Å². The molecule has 1 aromatic rings. The molecule has 0 aliphatic carbocycles. The van der Waals surface area contributed by atoms with Gasteiger partial charge in [-0.15, -0.1) is 0 Å². The van der Waals surface area contributed by atoms with E-state index in [1.165, 1.54) is 16.8 Å². The van der Waals surface area contributed by atoms with Gasteiger partial charge in [0.25, 0.3) is 5.91 Å². The average Bonchev–Trinajstić information content (AvgIpc) is 2.77. The van der Waals surface area contributed by atoms with Crippen molar-refractivity contribution in [2.75, 3.05) is 45.9 Å². The maximum Gasteiger partial charge on any atom is 0.251 e. The number of morpholine rings is 1. The van der Waals surface area contributed by atoms with E-state index in [-0.39, 0.29) is 16.3 Å². The van der Waals surface area contributed by atoms with Crippen molar-refractivity contribution in [3.63, 3.8) is 0 Å². The van der Waals surface area contributed by atoms with Crippen LogP contribution in [-0.2, 0) is 21.2 Å². The molecule has 0 radical (unpaired) electrons. The third kappa shape index (κ3) is 5.71. The zero-order valence-electron chi connectivity index (χ0n) is 20.2. The normalized spacial score (nSPS) is 23.8. The van der Waals surface area contributed by atoms with Crippen LogP contribution in [0, 0.1) is 11.8 Å². The lowest BCUT2D eigenvalue weighted by Gasteiger charge is -2.45. The lowest BCUT2D eigenvalue weighted by Crippen LogP contribution is -2.56. The first kappa shape index (κ1) is 25.1. The predicted molar refractivity (Wildman–Crippen MR) is 126 cm³/mol. The van der Waals surface area contributed by atoms with Crippen molar-refractivity contribution in [2.24, 2.45) is 11.8 Å². The van der Waals surface area contributed by atoms with Crippen molar-refractivity contribution < 1.29 is 17.9 Å². The van der Waals surface area contributed by atoms with Crippen LogP contribution >= 0.6 is 0 Å². The smallest absolute Gasteiger partial charge is 0.251 e. The van der Waals surface area contributed by atoms with E-state index in [2.05, 4.69) is 37.9 Å². The fraction of sp³-hybridized carbons (Fsp3) is 0.708. The molecule has 0 aromatic heterocycles. The van der Waals surface area contributed by atoms with Gasteiger partial charge in [-0.25, -0.2) is 8.42 Å². The molecule has 0 spiro atoms. The van der Waals surface area contributed by atoms with Crippen LogP contribution in [0.4, 0.5) is 0 Å². The lowest BCUT2D eigenvalue weighted by molar-refractivity contribution is 0.0445. The first-order chi connectivity index (χ1) is 15.0. The summed E-state index contributed by atoms with van der Waals surface area (Å²) in [5.74, 6) is 1.05. The van der Waals surface area contributed by atoms with Gasteiger partial charge in [0, 0.05) is 43.8 Å². The van der Waals surface area contributed by atoms with Crippen molar-refractivity contribution in [3.8, 4) is 0 Å². The second-order valence-corrected chi connectivity index (χ2v) is 11.9. The molecule has 1 N–H and O–H groups in total. The van der Waals surface area contributed by atoms with Gasteiger partial charge in [0.15, 0.2) is 0 Å². The van der Waals surface area contributed by atoms with Crippen molar-refractivity contribution in [3.05, 3.63) is 29.3 Å². The Labute approximate surface area is 193 Å². The van der Waals surface area contributed by atoms with Crippen molar-refractivity contribution in [2.45, 2.75) is 57.9 Å². The fourth-order valence-electron chi connectivity index (χ4n) is 4.82. The van der Waals surface area contributed by atoms with Crippen LogP contribution in [-0.4, -0.2) is 75.0 Å². The summed E-state index contributed by atoms with van der Waals surface area (Å²) in [5.41, 5.74) is 0.930. The number of aryl methyl sites for hydroxylation is 1. The number of nitrogens with zero attached hydrogens (tertiary/aromatic N) is 2. The highest BCUT2D eigenvalue weighted by atomic mass is 32.2. The first-order valence-electron chi connectivity index (χ1n) is 11.8. The van der Waals surface area contributed by atoms with Gasteiger partial charge in [-0.2, -0.15) is 4.31 Å². The third-order valence-electron chi connectivity index (χ3n) is 6.70. The molecular weight excluding hydrogens is 426 g/mol. The van der Waals surface area contributed by atoms with Crippen LogP contribution in [0.1, 0.15) is 57.0 Å². The molecule has 0 unspecified atom stereocenters. The van der Waals surface area contributed by atoms with Gasteiger partial charge in [0.05, 0.1) is 18.1 Å². The van der Waals surface area contributed by atoms with E-state index in [4.69, 9.17) is 4.74 Å². The highest BCUT2D eigenvalue weighted by molar-refractivity contribution is 7.89. The summed E-state index contributed by atoms with van der Waals surface area (Å²) in [6, 6.07) is 5.03. The second-order valence-electron chi connectivity index (χ2n) is 10.0. The number of carbonyl (C=O) groups excluding carboxylic acids is 1. The van der Waals surface area contributed by atoms with Gasteiger partial charge in [-0.05, 0) is 56.2 Å². The Morgan fingerprint density at radius 2 is 1.78 bits per heavy atom. The van der Waals surface area contributed by atoms with Gasteiger partial charge in [-0.1, -0.05) is 26.8 Å². The van der Waals surface area contributed by atoms with E-state index >= 15 is 0 Å². The molecule has 3 rings (SSSR count). The zero-order chi connectivity index (χ0) is 23.5. The van der Waals surface area contributed by atoms with Crippen LogP contribution in [0.3, 0.4) is 0 Å². The maximum absolute atomic E-state index is 13.3. The quantitative estimate of drug-likeness (QED) is 0.670. The highest BCUT2D eigenvalue weighted by Gasteiger charge is 2.33. The number of carbonyl (C=O) groups is 1. The van der Waals surface area contributed by atoms with Crippen LogP contribution in [0.15, 0.2) is 23.1 Å². The number of likely N-dealkylation sites (tertiary alicyclic amines) is 1. The molecule has 32 heavy (non-hydrogen) atoms. The number of hydrogen-bond acceptors (Lipinski definition) is 5. The number of sulfonamides is 1. The molecule has 2 heterocycles. The molecule has 2 fully saturated rings. The Bertz CT molecular complexity index is 900. The Morgan fingerprint density at radius 3 is 2.38 bits per heavy atom. The van der Waals surface area contributed by atoms with Crippen molar-refractivity contribution >= 4 is 15.9 Å². The lowest BCUT2D eigenvalue weighted by atomic mass is 9.88. The molecular formula is C24H39N3O4S. The number of ether oxygens (including phenoxy) is 1. The number of nitrogens with one attached hydrogen (secondary N) is 1. The average molecular weight is 466 g/mol. The summed E-state index contributed by atoms with van der Waals surface area (Å²) in [5, 5.41) is 3.05. The van der Waals surface area contributed by atoms with Gasteiger partial charge < -0.3 is 10.1 Å². The topological polar surface area (TPSA) is 79.0 Å². The summed E-state index contributed by atoms with van der Waals surface area (Å²) >= 11 is 0. The van der Waals surface area contributed by atoms with E-state index in [1.54, 1.807) is 12.1 Å². The van der Waals surface area contributed by atoms with Crippen LogP contribution in [0.25, 0.3) is 0 Å². The molecule has 0 saturated carbocycles. The van der Waals surface area contributed by atoms with E-state index in [9.17, 15) is 13.2 Å². The number of rotatable bonds is 7. The summed E-state index contributed by atoms with van der Waals surface area (Å²) in [6.45, 7) is 14.8. The van der Waals surface area contributed by atoms with Crippen molar-refractivity contribution in [1.29, 1.82) is 0 Å². The zero-order valence-corrected chi connectivity index (χ0v) is 21.0. The molecule has 2 aliphatic heterocycles. The SMILES string of the molecule is CCc1ccc(C(=O)NCC(C)(C)N2C[C@H](C)C[C@H](C)C2)cc1S(=O)(=O)N1CCOCC1. The standard InChI is InChI=1S/C24H39N3O4S/c1-6-20-7-8-21(14-22(20)32(29,30)27-9-11-31-12-10-27)23(28)25-17-24(4,5)26-15-18(2)13-19(3)16-26/h7-8,14,18-19H,6,9-13,15-17H2,1-5H3,(H,25,28)/t18-,19+. The van der Waals surface area contributed by atoms with E-state index in [0.29, 0.717) is 56.7 Å². The van der Waals surface area contributed by atoms with Gasteiger partial charge in [-0.3, -0.25) is 9.69 Å². The van der Waals surface area contributed by atoms with Gasteiger partial charge >= 0.3 is 0 Å². The number of piperidine rings is 1. The van der Waals surface area contributed by atoms with Crippen LogP contribution in [0.5, 0.6) is 0 Å². The Kier molecular flexibility index (Phi) is 8.02. The summed E-state index contributed by atoms with van der Waals surface area (Å²) in [6.07, 6.45) is 1.82. The third-order valence-corrected chi connectivity index (χ3v) is 8.69. The monoisotopic (exact) mass is 465 g/mol. The Morgan fingerprint density at radius 1 is 1.16 bits per heavy atom. The maximum atomic E-state index is 13.3. The fourth-order valence-corrected chi connectivity index (χ4v) is 6.55. The largest absolute Gasteiger partial charge is 0.379 e. The van der Waals surface area contributed by atoms with Gasteiger partial charge in [0.2, 0.25) is 10.0 Å². The Hall–Kier alpha value is -1.48. The summed E-state index contributed by atoms with van der Waals surface area (Å²) in [7, 11) is -3.67. The molecule has 1 amide bonds. The molecule has 2 atom stereocenters. The number of hydrogen-bond donors (Lipinski definition) is 1. The molecule has 1 aromatic carbocycles. The minimum absolute atomic E-state index is 0.176. The van der Waals surface area contributed by atoms with Gasteiger partial charge in [0.1, 0.15) is 0 Å². The first-order valence-corrected chi connectivity index (χ1v) is 13.2. The molecule has 2 saturated heterocycles. The molecule has 7 nitrogen and oxygen atoms in total. The van der Waals surface area contributed by atoms with E-state index < -0.39 is 10.0 Å². The minimum atomic E-state index is -3.67. The predicted octanol–water partition coefficient (Wildman–Crippen LogP) is 2.76. The molecule has 0 bridgehead atoms. The summed E-state index contributed by atoms with van der Waals surface area (Å²) in [4.78, 5) is 15.7. The molecule has 2 aliphatic rings.